The average molecular weight is 461 g/mol. The van der Waals surface area contributed by atoms with E-state index in [1.165, 1.54) is 6.07 Å². The SMILES string of the molecule is O=[N+]([O-])c1ccc(NCCCCCCc2cn(C[C@@H]3C[C@H](O)CC(O)O3)nn2)c2nonc12. The van der Waals surface area contributed by atoms with Crippen molar-refractivity contribution in [2.75, 3.05) is 11.9 Å². The Labute approximate surface area is 188 Å². The molecule has 33 heavy (non-hydrogen) atoms. The molecular weight excluding hydrogens is 434 g/mol. The third-order valence-corrected chi connectivity index (χ3v) is 5.60. The summed E-state index contributed by atoms with van der Waals surface area (Å²) in [5, 5.41) is 49.3. The van der Waals surface area contributed by atoms with E-state index in [1.54, 1.807) is 10.7 Å². The molecule has 178 valence electrons. The van der Waals surface area contributed by atoms with Crippen molar-refractivity contribution in [3.63, 3.8) is 0 Å². The van der Waals surface area contributed by atoms with Crippen LogP contribution in [0.3, 0.4) is 0 Å². The van der Waals surface area contributed by atoms with Crippen LogP contribution in [-0.2, 0) is 17.7 Å². The normalized spacial score (nSPS) is 20.8. The molecule has 3 N–H and O–H groups in total. The van der Waals surface area contributed by atoms with Crippen molar-refractivity contribution in [3.05, 3.63) is 34.1 Å². The molecule has 0 spiro atoms. The van der Waals surface area contributed by atoms with Gasteiger partial charge in [-0.1, -0.05) is 18.1 Å². The van der Waals surface area contributed by atoms with E-state index < -0.39 is 17.3 Å². The summed E-state index contributed by atoms with van der Waals surface area (Å²) >= 11 is 0. The number of aryl methyl sites for hydroxylation is 1. The van der Waals surface area contributed by atoms with Gasteiger partial charge in [0.15, 0.2) is 11.8 Å². The van der Waals surface area contributed by atoms with Gasteiger partial charge in [-0.05, 0) is 35.6 Å². The zero-order valence-electron chi connectivity index (χ0n) is 18.0. The Kier molecular flexibility index (Phi) is 7.42. The fourth-order valence-electron chi connectivity index (χ4n) is 3.99. The highest BCUT2D eigenvalue weighted by molar-refractivity contribution is 5.93. The lowest BCUT2D eigenvalue weighted by Gasteiger charge is -2.29. The lowest BCUT2D eigenvalue weighted by atomic mass is 10.1. The Morgan fingerprint density at radius 2 is 1.97 bits per heavy atom. The molecule has 13 nitrogen and oxygen atoms in total. The first-order valence-corrected chi connectivity index (χ1v) is 11.0. The molecule has 3 atom stereocenters. The van der Waals surface area contributed by atoms with Gasteiger partial charge in [-0.15, -0.1) is 5.10 Å². The molecule has 0 radical (unpaired) electrons. The van der Waals surface area contributed by atoms with Crippen molar-refractivity contribution in [2.45, 2.75) is 70.0 Å². The summed E-state index contributed by atoms with van der Waals surface area (Å²) in [7, 11) is 0. The van der Waals surface area contributed by atoms with Crippen molar-refractivity contribution in [3.8, 4) is 0 Å². The minimum Gasteiger partial charge on any atom is -0.393 e. The Bertz CT molecular complexity index is 1060. The fourth-order valence-corrected chi connectivity index (χ4v) is 3.99. The van der Waals surface area contributed by atoms with Crippen LogP contribution in [0, 0.1) is 10.1 Å². The lowest BCUT2D eigenvalue weighted by Crippen LogP contribution is -2.37. The number of fused-ring (bicyclic) bond motifs is 1. The number of non-ortho nitro benzene ring substituents is 1. The van der Waals surface area contributed by atoms with Crippen LogP contribution in [0.5, 0.6) is 0 Å². The van der Waals surface area contributed by atoms with Gasteiger partial charge in [-0.2, -0.15) is 0 Å². The van der Waals surface area contributed by atoms with Crippen molar-refractivity contribution in [1.29, 1.82) is 0 Å². The van der Waals surface area contributed by atoms with Crippen molar-refractivity contribution in [2.24, 2.45) is 0 Å². The monoisotopic (exact) mass is 461 g/mol. The van der Waals surface area contributed by atoms with Crippen molar-refractivity contribution >= 4 is 22.4 Å². The Balaban J connectivity index is 1.14. The minimum atomic E-state index is -0.935. The van der Waals surface area contributed by atoms with E-state index >= 15 is 0 Å². The summed E-state index contributed by atoms with van der Waals surface area (Å²) in [5.41, 5.74) is 1.93. The summed E-state index contributed by atoms with van der Waals surface area (Å²) in [6, 6.07) is 3.01. The highest BCUT2D eigenvalue weighted by atomic mass is 16.6. The zero-order chi connectivity index (χ0) is 23.2. The number of nitrogens with one attached hydrogen (secondary N) is 1. The predicted octanol–water partition coefficient (Wildman–Crippen LogP) is 1.80. The molecular formula is C20H27N7O6. The number of unbranched alkanes of at least 4 members (excludes halogenated alkanes) is 3. The van der Waals surface area contributed by atoms with Gasteiger partial charge in [0, 0.05) is 31.6 Å². The Hall–Kier alpha value is -3.16. The number of ether oxygens (including phenoxy) is 1. The third-order valence-electron chi connectivity index (χ3n) is 5.60. The van der Waals surface area contributed by atoms with Gasteiger partial charge in [-0.25, -0.2) is 9.31 Å². The smallest absolute Gasteiger partial charge is 0.300 e. The van der Waals surface area contributed by atoms with Crippen LogP contribution in [0.25, 0.3) is 11.0 Å². The molecule has 1 unspecified atom stereocenters. The number of aliphatic hydroxyl groups is 2. The van der Waals surface area contributed by atoms with Gasteiger partial charge in [0.2, 0.25) is 5.52 Å². The maximum atomic E-state index is 11.0. The van der Waals surface area contributed by atoms with E-state index in [1.807, 2.05) is 6.20 Å². The number of nitrogens with zero attached hydrogens (tertiary/aromatic N) is 6. The second-order valence-electron chi connectivity index (χ2n) is 8.21. The number of nitro benzene ring substituents is 1. The summed E-state index contributed by atoms with van der Waals surface area (Å²) in [5.74, 6) is 0. The lowest BCUT2D eigenvalue weighted by molar-refractivity contribution is -0.383. The second-order valence-corrected chi connectivity index (χ2v) is 8.21. The Morgan fingerprint density at radius 3 is 2.79 bits per heavy atom. The van der Waals surface area contributed by atoms with Crippen molar-refractivity contribution in [1.82, 2.24) is 25.3 Å². The quantitative estimate of drug-likeness (QED) is 0.216. The third kappa shape index (κ3) is 6.00. The van der Waals surface area contributed by atoms with E-state index in [0.717, 1.165) is 37.8 Å². The first-order chi connectivity index (χ1) is 16.0. The van der Waals surface area contributed by atoms with Gasteiger partial charge < -0.3 is 20.3 Å². The maximum Gasteiger partial charge on any atom is 0.300 e. The van der Waals surface area contributed by atoms with Crippen LogP contribution in [0.2, 0.25) is 0 Å². The number of aliphatic hydroxyl groups excluding tert-OH is 2. The standard InChI is InChI=1S/C20H27N7O6/c28-14-9-15(32-18(29)10-14)12-26-11-13(22-25-26)5-3-1-2-4-8-21-16-6-7-17(27(30)31)20-19(16)23-33-24-20/h6-7,11,14-15,18,21,28-29H,1-5,8-10,12H2/t14-,15-,18?/m0/s1. The molecule has 2 aromatic heterocycles. The minimum absolute atomic E-state index is 0.129. The highest BCUT2D eigenvalue weighted by Gasteiger charge is 2.27. The summed E-state index contributed by atoms with van der Waals surface area (Å²) in [6.45, 7) is 1.15. The molecule has 1 saturated heterocycles. The highest BCUT2D eigenvalue weighted by Crippen LogP contribution is 2.28. The van der Waals surface area contributed by atoms with E-state index in [-0.39, 0.29) is 23.7 Å². The fraction of sp³-hybridized carbons (Fsp3) is 0.600. The molecule has 1 aliphatic heterocycles. The van der Waals surface area contributed by atoms with Gasteiger partial charge in [0.05, 0.1) is 35.1 Å². The first kappa shape index (κ1) is 23.0. The number of hydrogen-bond acceptors (Lipinski definition) is 11. The number of anilines is 1. The van der Waals surface area contributed by atoms with E-state index in [2.05, 4.69) is 30.6 Å². The molecule has 0 amide bonds. The zero-order valence-corrected chi connectivity index (χ0v) is 18.0. The van der Waals surface area contributed by atoms with Crippen molar-refractivity contribution < 1.29 is 24.5 Å². The number of nitro groups is 1. The molecule has 1 aromatic carbocycles. The second kappa shape index (κ2) is 10.6. The topological polar surface area (TPSA) is 174 Å². The number of rotatable bonds is 11. The number of hydrogen-bond donors (Lipinski definition) is 3. The van der Waals surface area contributed by atoms with Gasteiger partial charge in [0.25, 0.3) is 0 Å². The molecule has 0 bridgehead atoms. The van der Waals surface area contributed by atoms with Gasteiger partial charge in [0.1, 0.15) is 0 Å². The molecule has 13 heteroatoms. The number of benzene rings is 1. The molecule has 3 heterocycles. The molecule has 0 aliphatic carbocycles. The molecule has 3 aromatic rings. The summed E-state index contributed by atoms with van der Waals surface area (Å²) in [6.07, 6.45) is 5.58. The largest absolute Gasteiger partial charge is 0.393 e. The molecule has 1 fully saturated rings. The van der Waals surface area contributed by atoms with Crippen LogP contribution in [0.15, 0.2) is 23.0 Å². The van der Waals surface area contributed by atoms with E-state index in [9.17, 15) is 20.3 Å². The van der Waals surface area contributed by atoms with Gasteiger partial charge >= 0.3 is 5.69 Å². The molecule has 1 aliphatic rings. The molecule has 0 saturated carbocycles. The molecule has 4 rings (SSSR count). The van der Waals surface area contributed by atoms with Crippen LogP contribution >= 0.6 is 0 Å². The Morgan fingerprint density at radius 1 is 1.15 bits per heavy atom. The van der Waals surface area contributed by atoms with Crippen LogP contribution in [0.4, 0.5) is 11.4 Å². The first-order valence-electron chi connectivity index (χ1n) is 11.0. The average Bonchev–Trinajstić information content (AvgIpc) is 3.42. The summed E-state index contributed by atoms with van der Waals surface area (Å²) in [4.78, 5) is 10.5. The van der Waals surface area contributed by atoms with E-state index in [0.29, 0.717) is 30.7 Å². The van der Waals surface area contributed by atoms with Gasteiger partial charge in [-0.3, -0.25) is 10.1 Å². The number of aromatic nitrogens is 5. The maximum absolute atomic E-state index is 11.0. The van der Waals surface area contributed by atoms with Crippen LogP contribution in [0.1, 0.15) is 44.2 Å². The summed E-state index contributed by atoms with van der Waals surface area (Å²) < 4.78 is 11.8. The van der Waals surface area contributed by atoms with Crippen LogP contribution in [-0.4, -0.2) is 65.5 Å². The van der Waals surface area contributed by atoms with Crippen LogP contribution < -0.4 is 5.32 Å². The predicted molar refractivity (Wildman–Crippen MR) is 115 cm³/mol. The van der Waals surface area contributed by atoms with E-state index in [4.69, 9.17) is 4.74 Å².